The molecule has 0 aliphatic heterocycles. The van der Waals surface area contributed by atoms with Crippen LogP contribution in [0.25, 0.3) is 0 Å². The third kappa shape index (κ3) is 4.71. The summed E-state index contributed by atoms with van der Waals surface area (Å²) in [6.45, 7) is 7.18. The molecule has 1 aromatic carbocycles. The van der Waals surface area contributed by atoms with Crippen LogP contribution in [0.1, 0.15) is 11.5 Å². The average molecular weight is 306 g/mol. The normalized spacial score (nSPS) is 13.9. The van der Waals surface area contributed by atoms with Gasteiger partial charge >= 0.3 is 0 Å². The highest BCUT2D eigenvalue weighted by Crippen LogP contribution is 2.28. The SMILES string of the molecule is C[Si](C)(C)CC(CCl)c1ccc(Br)cc1. The van der Waals surface area contributed by atoms with Crippen LogP contribution in [-0.2, 0) is 0 Å². The molecule has 1 aromatic rings. The maximum atomic E-state index is 6.06. The topological polar surface area (TPSA) is 0 Å². The van der Waals surface area contributed by atoms with Gasteiger partial charge in [-0.15, -0.1) is 11.6 Å². The van der Waals surface area contributed by atoms with Crippen molar-refractivity contribution in [2.75, 3.05) is 5.88 Å². The quantitative estimate of drug-likeness (QED) is 0.535. The fraction of sp³-hybridized carbons (Fsp3) is 0.500. The second-order valence-electron chi connectivity index (χ2n) is 5.17. The largest absolute Gasteiger partial charge is 0.126 e. The second-order valence-corrected chi connectivity index (χ2v) is 11.9. The highest BCUT2D eigenvalue weighted by Gasteiger charge is 2.20. The summed E-state index contributed by atoms with van der Waals surface area (Å²) in [4.78, 5) is 0. The predicted octanol–water partition coefficient (Wildman–Crippen LogP) is 5.11. The maximum absolute atomic E-state index is 6.06. The van der Waals surface area contributed by atoms with Gasteiger partial charge in [-0.1, -0.05) is 47.7 Å². The van der Waals surface area contributed by atoms with Crippen molar-refractivity contribution in [3.05, 3.63) is 34.3 Å². The van der Waals surface area contributed by atoms with Crippen LogP contribution in [-0.4, -0.2) is 14.0 Å². The van der Waals surface area contributed by atoms with Crippen LogP contribution < -0.4 is 0 Å². The molecular formula is C12H18BrClSi. The van der Waals surface area contributed by atoms with Crippen molar-refractivity contribution in [3.63, 3.8) is 0 Å². The lowest BCUT2D eigenvalue weighted by atomic mass is 10.0. The van der Waals surface area contributed by atoms with E-state index in [-0.39, 0.29) is 0 Å². The summed E-state index contributed by atoms with van der Waals surface area (Å²) in [5.41, 5.74) is 1.37. The molecule has 3 heteroatoms. The van der Waals surface area contributed by atoms with Crippen LogP contribution in [0.4, 0.5) is 0 Å². The number of rotatable bonds is 4. The van der Waals surface area contributed by atoms with Crippen molar-refractivity contribution in [1.82, 2.24) is 0 Å². The molecule has 0 spiro atoms. The molecule has 84 valence electrons. The molecule has 0 bridgehead atoms. The zero-order valence-corrected chi connectivity index (χ0v) is 12.9. The minimum absolute atomic E-state index is 0.520. The zero-order valence-electron chi connectivity index (χ0n) is 9.56. The summed E-state index contributed by atoms with van der Waals surface area (Å²) in [5.74, 6) is 1.25. The number of hydrogen-bond donors (Lipinski definition) is 0. The molecule has 0 aliphatic rings. The molecule has 0 aliphatic carbocycles. The minimum atomic E-state index is -1.03. The number of alkyl halides is 1. The summed E-state index contributed by atoms with van der Waals surface area (Å²) >= 11 is 9.51. The molecule has 15 heavy (non-hydrogen) atoms. The molecule has 0 saturated heterocycles. The molecule has 0 radical (unpaired) electrons. The Morgan fingerprint density at radius 2 is 1.73 bits per heavy atom. The van der Waals surface area contributed by atoms with Crippen LogP contribution in [0.2, 0.25) is 25.7 Å². The van der Waals surface area contributed by atoms with Gasteiger partial charge in [0, 0.05) is 18.4 Å². The van der Waals surface area contributed by atoms with Gasteiger partial charge < -0.3 is 0 Å². The Balaban J connectivity index is 2.79. The first-order valence-electron chi connectivity index (χ1n) is 5.24. The summed E-state index contributed by atoms with van der Waals surface area (Å²) in [6.07, 6.45) is 0. The second kappa shape index (κ2) is 5.51. The first-order chi connectivity index (χ1) is 6.92. The Bertz CT molecular complexity index is 302. The zero-order chi connectivity index (χ0) is 11.5. The van der Waals surface area contributed by atoms with Gasteiger partial charge in [0.2, 0.25) is 0 Å². The molecule has 0 aromatic heterocycles. The van der Waals surface area contributed by atoms with E-state index in [0.29, 0.717) is 5.92 Å². The lowest BCUT2D eigenvalue weighted by Crippen LogP contribution is -2.23. The molecular weight excluding hydrogens is 288 g/mol. The van der Waals surface area contributed by atoms with Gasteiger partial charge in [-0.2, -0.15) is 0 Å². The van der Waals surface area contributed by atoms with Gasteiger partial charge in [-0.3, -0.25) is 0 Å². The van der Waals surface area contributed by atoms with Crippen LogP contribution in [0.3, 0.4) is 0 Å². The van der Waals surface area contributed by atoms with E-state index in [1.165, 1.54) is 11.6 Å². The van der Waals surface area contributed by atoms with Crippen molar-refractivity contribution >= 4 is 35.6 Å². The Morgan fingerprint density at radius 1 is 1.20 bits per heavy atom. The molecule has 1 rings (SSSR count). The van der Waals surface area contributed by atoms with Crippen molar-refractivity contribution in [1.29, 1.82) is 0 Å². The van der Waals surface area contributed by atoms with E-state index in [0.717, 1.165) is 10.4 Å². The van der Waals surface area contributed by atoms with E-state index in [4.69, 9.17) is 11.6 Å². The average Bonchev–Trinajstić information content (AvgIpc) is 2.14. The van der Waals surface area contributed by atoms with Crippen molar-refractivity contribution in [2.45, 2.75) is 31.6 Å². The van der Waals surface area contributed by atoms with Crippen LogP contribution in [0, 0.1) is 0 Å². The first kappa shape index (κ1) is 13.3. The summed E-state index contributed by atoms with van der Waals surface area (Å²) in [5, 5.41) is 0. The first-order valence-corrected chi connectivity index (χ1v) is 10.3. The number of halogens is 2. The van der Waals surface area contributed by atoms with Crippen LogP contribution in [0.15, 0.2) is 28.7 Å². The van der Waals surface area contributed by atoms with Gasteiger partial charge in [0.25, 0.3) is 0 Å². The Labute approximate surface area is 107 Å². The highest BCUT2D eigenvalue weighted by molar-refractivity contribution is 9.10. The third-order valence-corrected chi connectivity index (χ3v) is 5.01. The highest BCUT2D eigenvalue weighted by atomic mass is 79.9. The summed E-state index contributed by atoms with van der Waals surface area (Å²) < 4.78 is 1.13. The lowest BCUT2D eigenvalue weighted by molar-refractivity contribution is 0.853. The Kier molecular flexibility index (Phi) is 4.88. The van der Waals surface area contributed by atoms with Gasteiger partial charge in [-0.25, -0.2) is 0 Å². The van der Waals surface area contributed by atoms with E-state index >= 15 is 0 Å². The van der Waals surface area contributed by atoms with E-state index in [9.17, 15) is 0 Å². The van der Waals surface area contributed by atoms with Crippen LogP contribution in [0.5, 0.6) is 0 Å². The molecule has 0 fully saturated rings. The van der Waals surface area contributed by atoms with Gasteiger partial charge in [0.1, 0.15) is 0 Å². The van der Waals surface area contributed by atoms with E-state index < -0.39 is 8.07 Å². The lowest BCUT2D eigenvalue weighted by Gasteiger charge is -2.23. The van der Waals surface area contributed by atoms with E-state index in [1.54, 1.807) is 0 Å². The molecule has 0 amide bonds. The summed E-state index contributed by atoms with van der Waals surface area (Å²) in [6, 6.07) is 9.81. The molecule has 1 unspecified atom stereocenters. The monoisotopic (exact) mass is 304 g/mol. The predicted molar refractivity (Wildman–Crippen MR) is 75.8 cm³/mol. The molecule has 0 heterocycles. The van der Waals surface area contributed by atoms with Gasteiger partial charge in [-0.05, 0) is 29.7 Å². The van der Waals surface area contributed by atoms with Gasteiger partial charge in [0.05, 0.1) is 0 Å². The fourth-order valence-electron chi connectivity index (χ4n) is 1.74. The fourth-order valence-corrected chi connectivity index (χ4v) is 4.33. The number of hydrogen-bond acceptors (Lipinski definition) is 0. The molecule has 1 atom stereocenters. The summed E-state index contributed by atoms with van der Waals surface area (Å²) in [7, 11) is -1.03. The molecule has 0 nitrogen and oxygen atoms in total. The van der Waals surface area contributed by atoms with Crippen LogP contribution >= 0.6 is 27.5 Å². The van der Waals surface area contributed by atoms with Crippen molar-refractivity contribution in [2.24, 2.45) is 0 Å². The van der Waals surface area contributed by atoms with E-state index in [2.05, 4.69) is 59.8 Å². The van der Waals surface area contributed by atoms with Crippen molar-refractivity contribution in [3.8, 4) is 0 Å². The number of benzene rings is 1. The van der Waals surface area contributed by atoms with E-state index in [1.807, 2.05) is 0 Å². The Morgan fingerprint density at radius 3 is 2.13 bits per heavy atom. The van der Waals surface area contributed by atoms with Crippen molar-refractivity contribution < 1.29 is 0 Å². The maximum Gasteiger partial charge on any atom is 0.0449 e. The minimum Gasteiger partial charge on any atom is -0.126 e. The molecule has 0 saturated carbocycles. The third-order valence-electron chi connectivity index (χ3n) is 2.39. The Hall–Kier alpha value is 0.207. The van der Waals surface area contributed by atoms with Gasteiger partial charge in [0.15, 0.2) is 0 Å². The molecule has 0 N–H and O–H groups in total. The standard InChI is InChI=1S/C12H18BrClSi/c1-15(2,3)9-11(8-14)10-4-6-12(13)7-5-10/h4-7,11H,8-9H2,1-3H3. The smallest absolute Gasteiger partial charge is 0.0449 e.